The lowest BCUT2D eigenvalue weighted by Crippen LogP contribution is -1.85. The first-order chi connectivity index (χ1) is 9.70. The normalized spacial score (nSPS) is 14.9. The monoisotopic (exact) mass is 309 g/mol. The van der Waals surface area contributed by atoms with Crippen molar-refractivity contribution in [3.8, 4) is 11.3 Å². The third kappa shape index (κ3) is 2.56. The summed E-state index contributed by atoms with van der Waals surface area (Å²) >= 11 is 12.2. The van der Waals surface area contributed by atoms with Crippen LogP contribution in [0.2, 0.25) is 10.0 Å². The van der Waals surface area contributed by atoms with Gasteiger partial charge in [0.05, 0.1) is 18.4 Å². The Morgan fingerprint density at radius 1 is 1.35 bits per heavy atom. The Balaban J connectivity index is 2.10. The van der Waals surface area contributed by atoms with Crippen LogP contribution < -0.4 is 0 Å². The van der Waals surface area contributed by atoms with E-state index in [1.54, 1.807) is 25.5 Å². The molecule has 0 atom stereocenters. The molecular formula is C15H13Cl2NO2. The molecule has 3 rings (SSSR count). The van der Waals surface area contributed by atoms with E-state index in [0.717, 1.165) is 35.4 Å². The highest BCUT2D eigenvalue weighted by atomic mass is 35.5. The summed E-state index contributed by atoms with van der Waals surface area (Å²) in [5, 5.41) is 5.33. The molecule has 104 valence electrons. The van der Waals surface area contributed by atoms with Crippen LogP contribution in [-0.4, -0.2) is 12.3 Å². The summed E-state index contributed by atoms with van der Waals surface area (Å²) in [4.78, 5) is 0. The summed E-state index contributed by atoms with van der Waals surface area (Å²) in [5.74, 6) is 1.36. The van der Waals surface area contributed by atoms with Crippen LogP contribution >= 0.6 is 23.2 Å². The Morgan fingerprint density at radius 2 is 2.15 bits per heavy atom. The van der Waals surface area contributed by atoms with E-state index in [2.05, 4.69) is 5.16 Å². The van der Waals surface area contributed by atoms with Crippen molar-refractivity contribution in [1.82, 2.24) is 5.16 Å². The summed E-state index contributed by atoms with van der Waals surface area (Å²) in [7, 11) is 1.61. The molecule has 1 aromatic carbocycles. The predicted octanol–water partition coefficient (Wildman–Crippen LogP) is 5.14. The molecule has 1 saturated carbocycles. The van der Waals surface area contributed by atoms with Gasteiger partial charge in [0.15, 0.2) is 0 Å². The molecule has 20 heavy (non-hydrogen) atoms. The van der Waals surface area contributed by atoms with Crippen LogP contribution in [-0.2, 0) is 4.74 Å². The minimum atomic E-state index is 0.457. The zero-order valence-corrected chi connectivity index (χ0v) is 12.4. The Morgan fingerprint density at radius 3 is 2.80 bits per heavy atom. The van der Waals surface area contributed by atoms with Crippen molar-refractivity contribution < 1.29 is 9.26 Å². The highest BCUT2D eigenvalue weighted by Crippen LogP contribution is 2.45. The molecule has 0 aliphatic heterocycles. The lowest BCUT2D eigenvalue weighted by Gasteiger charge is -2.02. The number of rotatable bonds is 4. The van der Waals surface area contributed by atoms with E-state index in [9.17, 15) is 0 Å². The van der Waals surface area contributed by atoms with Gasteiger partial charge in [-0.1, -0.05) is 28.4 Å². The number of hydrogen-bond donors (Lipinski definition) is 0. The van der Waals surface area contributed by atoms with Gasteiger partial charge >= 0.3 is 0 Å². The maximum atomic E-state index is 6.25. The molecule has 1 aromatic heterocycles. The Bertz CT molecular complexity index is 660. The van der Waals surface area contributed by atoms with E-state index in [1.165, 1.54) is 0 Å². The minimum absolute atomic E-state index is 0.457. The molecule has 1 aliphatic carbocycles. The first kappa shape index (κ1) is 13.5. The van der Waals surface area contributed by atoms with Crippen molar-refractivity contribution in [2.24, 2.45) is 0 Å². The van der Waals surface area contributed by atoms with Crippen LogP contribution in [0.15, 0.2) is 29.0 Å². The maximum absolute atomic E-state index is 6.25. The summed E-state index contributed by atoms with van der Waals surface area (Å²) < 4.78 is 10.5. The molecule has 0 unspecified atom stereocenters. The molecule has 0 radical (unpaired) electrons. The van der Waals surface area contributed by atoms with E-state index in [-0.39, 0.29) is 0 Å². The van der Waals surface area contributed by atoms with E-state index >= 15 is 0 Å². The first-order valence-electron chi connectivity index (χ1n) is 6.35. The summed E-state index contributed by atoms with van der Waals surface area (Å²) in [5.41, 5.74) is 2.46. The number of hydrogen-bond acceptors (Lipinski definition) is 3. The minimum Gasteiger partial charge on any atom is -0.504 e. The van der Waals surface area contributed by atoms with Gasteiger partial charge in [0.1, 0.15) is 11.5 Å². The van der Waals surface area contributed by atoms with Gasteiger partial charge in [-0.25, -0.2) is 0 Å². The topological polar surface area (TPSA) is 35.3 Å². The SMILES string of the molecule is CO/C=C/c1c(-c2ccc(Cl)cc2Cl)noc1C1CC1. The largest absolute Gasteiger partial charge is 0.504 e. The number of methoxy groups -OCH3 is 1. The molecule has 0 spiro atoms. The fourth-order valence-electron chi connectivity index (χ4n) is 2.12. The van der Waals surface area contributed by atoms with Gasteiger partial charge in [-0.2, -0.15) is 0 Å². The van der Waals surface area contributed by atoms with Gasteiger partial charge in [0, 0.05) is 22.1 Å². The average Bonchev–Trinajstić information content (AvgIpc) is 3.18. The van der Waals surface area contributed by atoms with Crippen LogP contribution in [0.5, 0.6) is 0 Å². The molecule has 0 saturated heterocycles. The highest BCUT2D eigenvalue weighted by molar-refractivity contribution is 6.36. The number of aromatic nitrogens is 1. The predicted molar refractivity (Wildman–Crippen MR) is 80.0 cm³/mol. The standard InChI is InChI=1S/C15H13Cl2NO2/c1-19-7-6-12-14(18-20-15(12)9-2-3-9)11-5-4-10(16)8-13(11)17/h4-9H,2-3H2,1H3/b7-6+. The average molecular weight is 310 g/mol. The van der Waals surface area contributed by atoms with Gasteiger partial charge in [-0.05, 0) is 37.1 Å². The van der Waals surface area contributed by atoms with Gasteiger partial charge < -0.3 is 9.26 Å². The van der Waals surface area contributed by atoms with Crippen LogP contribution in [0.25, 0.3) is 17.3 Å². The van der Waals surface area contributed by atoms with Gasteiger partial charge in [0.2, 0.25) is 0 Å². The quantitative estimate of drug-likeness (QED) is 0.733. The molecule has 1 heterocycles. The van der Waals surface area contributed by atoms with Crippen molar-refractivity contribution in [1.29, 1.82) is 0 Å². The van der Waals surface area contributed by atoms with Crippen molar-refractivity contribution in [3.63, 3.8) is 0 Å². The molecule has 5 heteroatoms. The molecule has 1 aliphatic rings. The van der Waals surface area contributed by atoms with E-state index in [1.807, 2.05) is 12.1 Å². The fraction of sp³-hybridized carbons (Fsp3) is 0.267. The molecule has 0 amide bonds. The molecule has 0 N–H and O–H groups in total. The van der Waals surface area contributed by atoms with Crippen LogP contribution in [0.4, 0.5) is 0 Å². The van der Waals surface area contributed by atoms with E-state index in [0.29, 0.717) is 16.0 Å². The van der Waals surface area contributed by atoms with Crippen LogP contribution in [0, 0.1) is 0 Å². The second-order valence-corrected chi connectivity index (χ2v) is 5.59. The van der Waals surface area contributed by atoms with Gasteiger partial charge in [0.25, 0.3) is 0 Å². The number of halogens is 2. The second kappa shape index (κ2) is 5.51. The Kier molecular flexibility index (Phi) is 3.72. The molecule has 0 bridgehead atoms. The lowest BCUT2D eigenvalue weighted by molar-refractivity contribution is 0.341. The molecule has 3 nitrogen and oxygen atoms in total. The van der Waals surface area contributed by atoms with Gasteiger partial charge in [-0.15, -0.1) is 0 Å². The second-order valence-electron chi connectivity index (χ2n) is 4.75. The number of nitrogens with zero attached hydrogens (tertiary/aromatic N) is 1. The van der Waals surface area contributed by atoms with Crippen molar-refractivity contribution >= 4 is 29.3 Å². The smallest absolute Gasteiger partial charge is 0.147 e. The Labute approximate surface area is 127 Å². The fourth-order valence-corrected chi connectivity index (χ4v) is 2.62. The molecule has 1 fully saturated rings. The van der Waals surface area contributed by atoms with Crippen molar-refractivity contribution in [2.75, 3.05) is 7.11 Å². The molecule has 2 aromatic rings. The third-order valence-electron chi connectivity index (χ3n) is 3.26. The summed E-state index contributed by atoms with van der Waals surface area (Å²) in [6, 6.07) is 5.34. The van der Waals surface area contributed by atoms with Crippen LogP contribution in [0.3, 0.4) is 0 Å². The summed E-state index contributed by atoms with van der Waals surface area (Å²) in [6.07, 6.45) is 5.75. The number of benzene rings is 1. The van der Waals surface area contributed by atoms with Crippen molar-refractivity contribution in [3.05, 3.63) is 45.8 Å². The highest BCUT2D eigenvalue weighted by Gasteiger charge is 2.32. The van der Waals surface area contributed by atoms with E-state index in [4.69, 9.17) is 32.5 Å². The van der Waals surface area contributed by atoms with Crippen molar-refractivity contribution in [2.45, 2.75) is 18.8 Å². The lowest BCUT2D eigenvalue weighted by atomic mass is 10.0. The van der Waals surface area contributed by atoms with Crippen LogP contribution in [0.1, 0.15) is 30.1 Å². The zero-order chi connectivity index (χ0) is 14.1. The third-order valence-corrected chi connectivity index (χ3v) is 3.81. The maximum Gasteiger partial charge on any atom is 0.147 e. The first-order valence-corrected chi connectivity index (χ1v) is 7.10. The van der Waals surface area contributed by atoms with Gasteiger partial charge in [-0.3, -0.25) is 0 Å². The zero-order valence-electron chi connectivity index (χ0n) is 10.9. The number of ether oxygens (including phenoxy) is 1. The Hall–Kier alpha value is -1.45. The summed E-state index contributed by atoms with van der Waals surface area (Å²) in [6.45, 7) is 0. The van der Waals surface area contributed by atoms with E-state index < -0.39 is 0 Å². The molecular weight excluding hydrogens is 297 g/mol.